The van der Waals surface area contributed by atoms with E-state index in [0.29, 0.717) is 0 Å². The molecular formula is C4H6KNaO6. The molecule has 2 radical (unpaired) electrons. The van der Waals surface area contributed by atoms with E-state index >= 15 is 0 Å². The van der Waals surface area contributed by atoms with E-state index in [1.54, 1.807) is 0 Å². The molecule has 8 heteroatoms. The average molecular weight is 212 g/mol. The Kier molecular flexibility index (Phi) is 14.5. The summed E-state index contributed by atoms with van der Waals surface area (Å²) in [5, 5.41) is 32.5. The van der Waals surface area contributed by atoms with Crippen LogP contribution >= 0.6 is 0 Å². The Bertz CT molecular complexity index is 144. The number of hydrogen-bond donors (Lipinski definition) is 4. The molecule has 0 aromatic carbocycles. The number of carboxylic acid groups (broad SMARTS) is 2. The maximum atomic E-state index is 9.77. The van der Waals surface area contributed by atoms with Crippen LogP contribution in [0, 0.1) is 0 Å². The first-order valence-electron chi connectivity index (χ1n) is 2.28. The molecule has 0 heterocycles. The normalized spacial score (nSPS) is 13.2. The molecule has 0 aliphatic carbocycles. The monoisotopic (exact) mass is 212 g/mol. The molecule has 0 bridgehead atoms. The van der Waals surface area contributed by atoms with Gasteiger partial charge in [0, 0.05) is 80.9 Å². The minimum absolute atomic E-state index is 0. The van der Waals surface area contributed by atoms with Gasteiger partial charge in [-0.2, -0.15) is 0 Å². The van der Waals surface area contributed by atoms with E-state index in [4.69, 9.17) is 20.4 Å². The zero-order valence-electron chi connectivity index (χ0n) is 6.76. The molecule has 0 aliphatic rings. The first-order chi connectivity index (χ1) is 4.46. The standard InChI is InChI=1S/C4H6O6.K.Na/c5-1(3(7)8)2(6)4(9)10;;/h1-2,5-6H,(H,7,8)(H,9,10);;. The maximum absolute atomic E-state index is 9.77. The molecule has 0 saturated carbocycles. The second kappa shape index (κ2) is 9.07. The third-order valence-corrected chi connectivity index (χ3v) is 0.805. The summed E-state index contributed by atoms with van der Waals surface area (Å²) in [5.74, 6) is -3.54. The van der Waals surface area contributed by atoms with E-state index in [9.17, 15) is 9.59 Å². The van der Waals surface area contributed by atoms with Gasteiger partial charge in [-0.3, -0.25) is 0 Å². The fourth-order valence-electron chi connectivity index (χ4n) is 0.270. The van der Waals surface area contributed by atoms with Crippen LogP contribution in [0.1, 0.15) is 0 Å². The summed E-state index contributed by atoms with van der Waals surface area (Å²) in [4.78, 5) is 19.5. The third kappa shape index (κ3) is 6.95. The number of carbonyl (C=O) groups is 2. The molecule has 0 aromatic rings. The molecular weight excluding hydrogens is 206 g/mol. The van der Waals surface area contributed by atoms with Crippen molar-refractivity contribution in [1.82, 2.24) is 0 Å². The van der Waals surface area contributed by atoms with Crippen LogP contribution < -0.4 is 0 Å². The van der Waals surface area contributed by atoms with Crippen molar-refractivity contribution in [1.29, 1.82) is 0 Å². The van der Waals surface area contributed by atoms with Crippen molar-refractivity contribution >= 4 is 92.9 Å². The summed E-state index contributed by atoms with van der Waals surface area (Å²) >= 11 is 0. The minimum Gasteiger partial charge on any atom is -0.479 e. The summed E-state index contributed by atoms with van der Waals surface area (Å²) < 4.78 is 0. The molecule has 0 saturated heterocycles. The number of hydrogen-bond acceptors (Lipinski definition) is 4. The van der Waals surface area contributed by atoms with Crippen molar-refractivity contribution in [2.75, 3.05) is 0 Å². The predicted molar refractivity (Wildman–Crippen MR) is 38.8 cm³/mol. The van der Waals surface area contributed by atoms with E-state index in [1.807, 2.05) is 0 Å². The van der Waals surface area contributed by atoms with Gasteiger partial charge in [-0.1, -0.05) is 0 Å². The van der Waals surface area contributed by atoms with Crippen LogP contribution in [0.5, 0.6) is 0 Å². The van der Waals surface area contributed by atoms with Gasteiger partial charge in [0.2, 0.25) is 0 Å². The van der Waals surface area contributed by atoms with E-state index < -0.39 is 24.1 Å². The summed E-state index contributed by atoms with van der Waals surface area (Å²) in [6.07, 6.45) is -4.53. The maximum Gasteiger partial charge on any atom is 0.335 e. The van der Waals surface area contributed by atoms with Gasteiger partial charge in [-0.15, -0.1) is 0 Å². The second-order valence-corrected chi connectivity index (χ2v) is 1.57. The zero-order chi connectivity index (χ0) is 8.31. The topological polar surface area (TPSA) is 115 Å². The Morgan fingerprint density at radius 1 is 0.917 bits per heavy atom. The van der Waals surface area contributed by atoms with E-state index in [-0.39, 0.29) is 80.9 Å². The van der Waals surface area contributed by atoms with Crippen molar-refractivity contribution < 1.29 is 30.0 Å². The van der Waals surface area contributed by atoms with Gasteiger partial charge in [0.05, 0.1) is 0 Å². The first-order valence-corrected chi connectivity index (χ1v) is 2.28. The first kappa shape index (κ1) is 19.1. The molecule has 0 aromatic heterocycles. The quantitative estimate of drug-likeness (QED) is 0.373. The Morgan fingerprint density at radius 2 is 1.08 bits per heavy atom. The molecule has 6 nitrogen and oxygen atoms in total. The SMILES string of the molecule is O=C(O)C(O)C(O)C(=O)O.[K].[Na]. The van der Waals surface area contributed by atoms with Crippen LogP contribution in [0.25, 0.3) is 0 Å². The molecule has 0 aliphatic heterocycles. The molecule has 60 valence electrons. The predicted octanol–water partition coefficient (Wildman–Crippen LogP) is -2.88. The molecule has 2 atom stereocenters. The van der Waals surface area contributed by atoms with Crippen LogP contribution in [0.15, 0.2) is 0 Å². The Labute approximate surface area is 133 Å². The number of rotatable bonds is 3. The molecule has 4 N–H and O–H groups in total. The van der Waals surface area contributed by atoms with Crippen molar-refractivity contribution in [3.63, 3.8) is 0 Å². The third-order valence-electron chi connectivity index (χ3n) is 0.805. The Morgan fingerprint density at radius 3 is 1.17 bits per heavy atom. The van der Waals surface area contributed by atoms with E-state index in [2.05, 4.69) is 0 Å². The average Bonchev–Trinajstić information content (AvgIpc) is 1.84. The molecule has 0 fully saturated rings. The van der Waals surface area contributed by atoms with Gasteiger partial charge in [0.15, 0.2) is 12.2 Å². The van der Waals surface area contributed by atoms with Crippen LogP contribution in [-0.2, 0) is 9.59 Å². The zero-order valence-corrected chi connectivity index (χ0v) is 11.9. The van der Waals surface area contributed by atoms with Gasteiger partial charge in [0.1, 0.15) is 0 Å². The fourth-order valence-corrected chi connectivity index (χ4v) is 0.270. The summed E-state index contributed by atoms with van der Waals surface area (Å²) in [5.41, 5.74) is 0. The molecule has 0 rings (SSSR count). The Balaban J connectivity index is -0.000000405. The van der Waals surface area contributed by atoms with Crippen LogP contribution in [0.4, 0.5) is 0 Å². The van der Waals surface area contributed by atoms with Crippen molar-refractivity contribution in [3.8, 4) is 0 Å². The van der Waals surface area contributed by atoms with Crippen molar-refractivity contribution in [2.45, 2.75) is 12.2 Å². The molecule has 12 heavy (non-hydrogen) atoms. The van der Waals surface area contributed by atoms with Gasteiger partial charge < -0.3 is 20.4 Å². The minimum atomic E-state index is -2.27. The summed E-state index contributed by atoms with van der Waals surface area (Å²) in [7, 11) is 0. The fraction of sp³-hybridized carbons (Fsp3) is 0.500. The van der Waals surface area contributed by atoms with Gasteiger partial charge >= 0.3 is 11.9 Å². The van der Waals surface area contributed by atoms with Gasteiger partial charge in [-0.05, 0) is 0 Å². The van der Waals surface area contributed by atoms with Gasteiger partial charge in [0.25, 0.3) is 0 Å². The molecule has 0 amide bonds. The number of aliphatic hydroxyl groups excluding tert-OH is 2. The molecule has 0 spiro atoms. The number of aliphatic hydroxyl groups is 2. The number of aliphatic carboxylic acids is 2. The summed E-state index contributed by atoms with van der Waals surface area (Å²) in [6.45, 7) is 0. The molecule has 2 unspecified atom stereocenters. The smallest absolute Gasteiger partial charge is 0.335 e. The largest absolute Gasteiger partial charge is 0.479 e. The Hall–Kier alpha value is 1.50. The van der Waals surface area contributed by atoms with Crippen LogP contribution in [-0.4, -0.2) is 126 Å². The summed E-state index contributed by atoms with van der Waals surface area (Å²) in [6, 6.07) is 0. The number of carboxylic acids is 2. The van der Waals surface area contributed by atoms with Crippen molar-refractivity contribution in [3.05, 3.63) is 0 Å². The van der Waals surface area contributed by atoms with Crippen LogP contribution in [0.3, 0.4) is 0 Å². The van der Waals surface area contributed by atoms with E-state index in [0.717, 1.165) is 0 Å². The van der Waals surface area contributed by atoms with Crippen LogP contribution in [0.2, 0.25) is 0 Å². The second-order valence-electron chi connectivity index (χ2n) is 1.57. The van der Waals surface area contributed by atoms with E-state index in [1.165, 1.54) is 0 Å². The van der Waals surface area contributed by atoms with Crippen molar-refractivity contribution in [2.24, 2.45) is 0 Å². The van der Waals surface area contributed by atoms with Gasteiger partial charge in [-0.25, -0.2) is 9.59 Å².